The van der Waals surface area contributed by atoms with Gasteiger partial charge in [-0.3, -0.25) is 4.79 Å². The summed E-state index contributed by atoms with van der Waals surface area (Å²) in [4.78, 5) is 12.9. The molecule has 3 rings (SSSR count). The molecular weight excluding hydrogens is 466 g/mol. The van der Waals surface area contributed by atoms with E-state index in [1.54, 1.807) is 12.1 Å². The molecule has 1 aliphatic rings. The van der Waals surface area contributed by atoms with Crippen LogP contribution in [-0.4, -0.2) is 45.4 Å². The molecule has 1 aliphatic heterocycles. The number of rotatable bonds is 7. The summed E-state index contributed by atoms with van der Waals surface area (Å²) in [7, 11) is -2.33. The number of hydrogen-bond acceptors (Lipinski definition) is 5. The summed E-state index contributed by atoms with van der Waals surface area (Å²) < 4.78 is 62.2. The third kappa shape index (κ3) is 6.04. The zero-order valence-corrected chi connectivity index (χ0v) is 20.5. The Kier molecular flexibility index (Phi) is 7.82. The average molecular weight is 497 g/mol. The highest BCUT2D eigenvalue weighted by Crippen LogP contribution is 2.32. The van der Waals surface area contributed by atoms with Crippen LogP contribution in [0.25, 0.3) is 0 Å². The maximum Gasteiger partial charge on any atom is 0.387 e. The van der Waals surface area contributed by atoms with E-state index in [1.807, 2.05) is 12.1 Å². The molecule has 2 aromatic rings. The number of carbonyl (C=O) groups is 1. The standard InChI is InChI=1S/C24H30F2N2O5S/c1-24(2,3)17-5-8-19(9-6-17)34(30,31)28-13-11-16(12-14-28)22(29)27-18-7-10-20(32-4)21(15-18)33-23(25)26/h5-10,15-16,23H,11-14H2,1-4H3,(H,27,29). The fraction of sp³-hybridized carbons (Fsp3) is 0.458. The van der Waals surface area contributed by atoms with Crippen LogP contribution in [0.1, 0.15) is 39.2 Å². The average Bonchev–Trinajstić information content (AvgIpc) is 2.78. The number of nitrogens with one attached hydrogen (secondary N) is 1. The van der Waals surface area contributed by atoms with Crippen molar-refractivity contribution in [3.63, 3.8) is 0 Å². The predicted octanol–water partition coefficient (Wildman–Crippen LogP) is 4.63. The molecule has 1 saturated heterocycles. The first-order chi connectivity index (χ1) is 15.9. The van der Waals surface area contributed by atoms with E-state index in [-0.39, 0.29) is 46.5 Å². The fourth-order valence-electron chi connectivity index (χ4n) is 3.82. The number of amides is 1. The molecule has 1 amide bonds. The van der Waals surface area contributed by atoms with E-state index in [0.29, 0.717) is 12.8 Å². The van der Waals surface area contributed by atoms with E-state index in [9.17, 15) is 22.0 Å². The molecule has 0 aromatic heterocycles. The highest BCUT2D eigenvalue weighted by atomic mass is 32.2. The van der Waals surface area contributed by atoms with Gasteiger partial charge in [-0.15, -0.1) is 0 Å². The first kappa shape index (κ1) is 25.9. The minimum absolute atomic E-state index is 0.0791. The third-order valence-corrected chi connectivity index (χ3v) is 7.74. The minimum Gasteiger partial charge on any atom is -0.493 e. The molecule has 0 unspecified atom stereocenters. The number of ether oxygens (including phenoxy) is 2. The van der Waals surface area contributed by atoms with Gasteiger partial charge in [0.1, 0.15) is 0 Å². The Bertz CT molecular complexity index is 1110. The molecule has 0 radical (unpaired) electrons. The molecule has 0 bridgehead atoms. The number of nitrogens with zero attached hydrogens (tertiary/aromatic N) is 1. The van der Waals surface area contributed by atoms with Crippen LogP contribution in [0.5, 0.6) is 11.5 Å². The number of piperidine rings is 1. The summed E-state index contributed by atoms with van der Waals surface area (Å²) >= 11 is 0. The molecule has 0 spiro atoms. The van der Waals surface area contributed by atoms with Crippen molar-refractivity contribution in [1.82, 2.24) is 4.31 Å². The molecule has 1 fully saturated rings. The van der Waals surface area contributed by atoms with Crippen molar-refractivity contribution in [1.29, 1.82) is 0 Å². The van der Waals surface area contributed by atoms with Crippen LogP contribution in [-0.2, 0) is 20.2 Å². The van der Waals surface area contributed by atoms with Gasteiger partial charge in [0.2, 0.25) is 15.9 Å². The van der Waals surface area contributed by atoms with Gasteiger partial charge >= 0.3 is 6.61 Å². The van der Waals surface area contributed by atoms with Crippen LogP contribution in [0.2, 0.25) is 0 Å². The lowest BCUT2D eigenvalue weighted by molar-refractivity contribution is -0.120. The Balaban J connectivity index is 1.62. The van der Waals surface area contributed by atoms with Crippen LogP contribution in [0, 0.1) is 5.92 Å². The summed E-state index contributed by atoms with van der Waals surface area (Å²) in [6.07, 6.45) is 0.698. The van der Waals surface area contributed by atoms with Crippen molar-refractivity contribution < 1.29 is 31.5 Å². The van der Waals surface area contributed by atoms with Gasteiger partial charge in [-0.1, -0.05) is 32.9 Å². The lowest BCUT2D eigenvalue weighted by Crippen LogP contribution is -2.41. The molecule has 0 atom stereocenters. The summed E-state index contributed by atoms with van der Waals surface area (Å²) in [5.74, 6) is -0.780. The minimum atomic E-state index is -3.66. The third-order valence-electron chi connectivity index (χ3n) is 5.83. The molecule has 0 aliphatic carbocycles. The van der Waals surface area contributed by atoms with Crippen molar-refractivity contribution >= 4 is 21.6 Å². The topological polar surface area (TPSA) is 84.9 Å². The number of methoxy groups -OCH3 is 1. The monoisotopic (exact) mass is 496 g/mol. The summed E-state index contributed by atoms with van der Waals surface area (Å²) in [5, 5.41) is 2.69. The Morgan fingerprint density at radius 2 is 1.68 bits per heavy atom. The number of hydrogen-bond donors (Lipinski definition) is 1. The maximum atomic E-state index is 13.0. The van der Waals surface area contributed by atoms with E-state index in [0.717, 1.165) is 5.56 Å². The van der Waals surface area contributed by atoms with Crippen LogP contribution in [0.15, 0.2) is 47.4 Å². The first-order valence-corrected chi connectivity index (χ1v) is 12.4. The van der Waals surface area contributed by atoms with Gasteiger partial charge in [0.25, 0.3) is 0 Å². The Labute approximate surface area is 199 Å². The molecule has 34 heavy (non-hydrogen) atoms. The zero-order valence-electron chi connectivity index (χ0n) is 19.7. The summed E-state index contributed by atoms with van der Waals surface area (Å²) in [5.41, 5.74) is 1.25. The highest BCUT2D eigenvalue weighted by Gasteiger charge is 2.32. The van der Waals surface area contributed by atoms with Crippen molar-refractivity contribution in [2.75, 3.05) is 25.5 Å². The van der Waals surface area contributed by atoms with E-state index >= 15 is 0 Å². The molecule has 1 N–H and O–H groups in total. The van der Waals surface area contributed by atoms with E-state index in [4.69, 9.17) is 4.74 Å². The number of anilines is 1. The van der Waals surface area contributed by atoms with Gasteiger partial charge in [0, 0.05) is 30.8 Å². The van der Waals surface area contributed by atoms with Crippen LogP contribution in [0.3, 0.4) is 0 Å². The smallest absolute Gasteiger partial charge is 0.387 e. The first-order valence-electron chi connectivity index (χ1n) is 11.0. The van der Waals surface area contributed by atoms with Crippen molar-refractivity contribution in [2.45, 2.75) is 50.5 Å². The predicted molar refractivity (Wildman–Crippen MR) is 125 cm³/mol. The molecular formula is C24H30F2N2O5S. The van der Waals surface area contributed by atoms with Crippen LogP contribution < -0.4 is 14.8 Å². The van der Waals surface area contributed by atoms with Crippen molar-refractivity contribution in [2.24, 2.45) is 5.92 Å². The Morgan fingerprint density at radius 1 is 1.06 bits per heavy atom. The SMILES string of the molecule is COc1ccc(NC(=O)C2CCN(S(=O)(=O)c3ccc(C(C)(C)C)cc3)CC2)cc1OC(F)F. The second kappa shape index (κ2) is 10.3. The number of halogens is 2. The molecule has 1 heterocycles. The lowest BCUT2D eigenvalue weighted by Gasteiger charge is -2.30. The van der Waals surface area contributed by atoms with Gasteiger partial charge in [-0.25, -0.2) is 8.42 Å². The van der Waals surface area contributed by atoms with Gasteiger partial charge < -0.3 is 14.8 Å². The lowest BCUT2D eigenvalue weighted by atomic mass is 9.87. The van der Waals surface area contributed by atoms with Gasteiger partial charge in [0.05, 0.1) is 12.0 Å². The molecule has 7 nitrogen and oxygen atoms in total. The molecule has 186 valence electrons. The summed E-state index contributed by atoms with van der Waals surface area (Å²) in [6, 6.07) is 11.1. The van der Waals surface area contributed by atoms with Gasteiger partial charge in [-0.05, 0) is 48.1 Å². The number of benzene rings is 2. The van der Waals surface area contributed by atoms with E-state index < -0.39 is 22.6 Å². The van der Waals surface area contributed by atoms with Crippen molar-refractivity contribution in [3.8, 4) is 11.5 Å². The number of carbonyl (C=O) groups excluding carboxylic acids is 1. The summed E-state index contributed by atoms with van der Waals surface area (Å²) in [6.45, 7) is 3.57. The normalized spacial score (nSPS) is 15.9. The molecule has 2 aromatic carbocycles. The molecule has 0 saturated carbocycles. The van der Waals surface area contributed by atoms with Gasteiger partial charge in [-0.2, -0.15) is 13.1 Å². The molecule has 10 heteroatoms. The zero-order chi connectivity index (χ0) is 25.1. The van der Waals surface area contributed by atoms with Crippen molar-refractivity contribution in [3.05, 3.63) is 48.0 Å². The van der Waals surface area contributed by atoms with Crippen LogP contribution >= 0.6 is 0 Å². The van der Waals surface area contributed by atoms with E-state index in [2.05, 4.69) is 30.8 Å². The fourth-order valence-corrected chi connectivity index (χ4v) is 5.29. The Morgan fingerprint density at radius 3 is 2.21 bits per heavy atom. The van der Waals surface area contributed by atoms with E-state index in [1.165, 1.54) is 29.6 Å². The maximum absolute atomic E-state index is 13.0. The largest absolute Gasteiger partial charge is 0.493 e. The number of sulfonamides is 1. The number of alkyl halides is 2. The Hall–Kier alpha value is -2.72. The second-order valence-electron chi connectivity index (χ2n) is 9.19. The quantitative estimate of drug-likeness (QED) is 0.604. The highest BCUT2D eigenvalue weighted by molar-refractivity contribution is 7.89. The van der Waals surface area contributed by atoms with Gasteiger partial charge in [0.15, 0.2) is 11.5 Å². The second-order valence-corrected chi connectivity index (χ2v) is 11.1. The van der Waals surface area contributed by atoms with Crippen LogP contribution in [0.4, 0.5) is 14.5 Å².